The van der Waals surface area contributed by atoms with E-state index in [-0.39, 0.29) is 11.7 Å². The van der Waals surface area contributed by atoms with Crippen LogP contribution < -0.4 is 0 Å². The topological polar surface area (TPSA) is 66.6 Å². The lowest BCUT2D eigenvalue weighted by Crippen LogP contribution is -2.42. The summed E-state index contributed by atoms with van der Waals surface area (Å²) in [6, 6.07) is 4.45. The Kier molecular flexibility index (Phi) is 4.10. The summed E-state index contributed by atoms with van der Waals surface area (Å²) >= 11 is 0. The maximum atomic E-state index is 13.5. The number of piperidine rings is 1. The van der Waals surface area contributed by atoms with Crippen molar-refractivity contribution in [2.45, 2.75) is 32.6 Å². The van der Waals surface area contributed by atoms with Gasteiger partial charge >= 0.3 is 5.97 Å². The molecule has 1 N–H and O–H groups in total. The normalized spacial score (nSPS) is 17.7. The van der Waals surface area contributed by atoms with Gasteiger partial charge in [-0.3, -0.25) is 4.79 Å². The number of rotatable bonds is 4. The van der Waals surface area contributed by atoms with Gasteiger partial charge in [-0.1, -0.05) is 5.16 Å². The molecule has 23 heavy (non-hydrogen) atoms. The SMILES string of the molecule is CC(C)(CN1CCC(c2noc3ccc(F)cc23)CC1)C(=O)O. The number of carboxylic acid groups (broad SMARTS) is 1. The Balaban J connectivity index is 1.69. The molecular formula is C17H21FN2O3. The first-order valence-electron chi connectivity index (χ1n) is 7.87. The number of carboxylic acids is 1. The van der Waals surface area contributed by atoms with Crippen LogP contribution in [0, 0.1) is 11.2 Å². The van der Waals surface area contributed by atoms with Gasteiger partial charge in [0.25, 0.3) is 0 Å². The predicted molar refractivity (Wildman–Crippen MR) is 83.8 cm³/mol. The number of fused-ring (bicyclic) bond motifs is 1. The lowest BCUT2D eigenvalue weighted by atomic mass is 9.88. The fourth-order valence-corrected chi connectivity index (χ4v) is 3.22. The van der Waals surface area contributed by atoms with E-state index in [4.69, 9.17) is 4.52 Å². The maximum absolute atomic E-state index is 13.5. The average Bonchev–Trinajstić information content (AvgIpc) is 2.90. The summed E-state index contributed by atoms with van der Waals surface area (Å²) in [7, 11) is 0. The number of likely N-dealkylation sites (tertiary alicyclic amines) is 1. The van der Waals surface area contributed by atoms with Crippen LogP contribution in [0.1, 0.15) is 38.3 Å². The summed E-state index contributed by atoms with van der Waals surface area (Å²) in [5, 5.41) is 14.1. The highest BCUT2D eigenvalue weighted by Crippen LogP contribution is 2.33. The zero-order valence-electron chi connectivity index (χ0n) is 13.4. The fraction of sp³-hybridized carbons (Fsp3) is 0.529. The van der Waals surface area contributed by atoms with Crippen LogP contribution in [0.15, 0.2) is 22.7 Å². The van der Waals surface area contributed by atoms with E-state index in [0.717, 1.165) is 37.0 Å². The van der Waals surface area contributed by atoms with Gasteiger partial charge in [0.15, 0.2) is 5.58 Å². The molecule has 1 aromatic carbocycles. The number of nitrogens with zero attached hydrogens (tertiary/aromatic N) is 2. The monoisotopic (exact) mass is 320 g/mol. The minimum Gasteiger partial charge on any atom is -0.481 e. The highest BCUT2D eigenvalue weighted by Gasteiger charge is 2.32. The number of aliphatic carboxylic acids is 1. The molecule has 6 heteroatoms. The van der Waals surface area contributed by atoms with Gasteiger partial charge in [-0.05, 0) is 58.0 Å². The van der Waals surface area contributed by atoms with Gasteiger partial charge in [-0.25, -0.2) is 4.39 Å². The Morgan fingerprint density at radius 1 is 1.43 bits per heavy atom. The molecule has 1 aromatic heterocycles. The molecule has 1 aliphatic rings. The molecule has 2 aromatic rings. The average molecular weight is 320 g/mol. The van der Waals surface area contributed by atoms with Crippen molar-refractivity contribution in [3.63, 3.8) is 0 Å². The largest absolute Gasteiger partial charge is 0.481 e. The second-order valence-electron chi connectivity index (χ2n) is 6.95. The third-order valence-corrected chi connectivity index (χ3v) is 4.63. The second kappa shape index (κ2) is 5.92. The quantitative estimate of drug-likeness (QED) is 0.936. The van der Waals surface area contributed by atoms with Crippen molar-refractivity contribution in [1.82, 2.24) is 10.1 Å². The van der Waals surface area contributed by atoms with Gasteiger partial charge in [-0.15, -0.1) is 0 Å². The smallest absolute Gasteiger partial charge is 0.310 e. The van der Waals surface area contributed by atoms with Crippen LogP contribution in [0.4, 0.5) is 4.39 Å². The van der Waals surface area contributed by atoms with E-state index in [1.165, 1.54) is 12.1 Å². The second-order valence-corrected chi connectivity index (χ2v) is 6.95. The van der Waals surface area contributed by atoms with Crippen LogP contribution in [0.3, 0.4) is 0 Å². The number of carbonyl (C=O) groups is 1. The highest BCUT2D eigenvalue weighted by molar-refractivity contribution is 5.80. The number of benzene rings is 1. The fourth-order valence-electron chi connectivity index (χ4n) is 3.22. The first-order chi connectivity index (χ1) is 10.9. The van der Waals surface area contributed by atoms with Gasteiger partial charge < -0.3 is 14.5 Å². The third kappa shape index (κ3) is 3.22. The van der Waals surface area contributed by atoms with E-state index in [0.29, 0.717) is 12.1 Å². The van der Waals surface area contributed by atoms with Crippen molar-refractivity contribution in [2.24, 2.45) is 5.41 Å². The first kappa shape index (κ1) is 15.9. The van der Waals surface area contributed by atoms with E-state index >= 15 is 0 Å². The first-order valence-corrected chi connectivity index (χ1v) is 7.87. The van der Waals surface area contributed by atoms with E-state index in [1.807, 2.05) is 0 Å². The molecule has 0 spiro atoms. The molecule has 0 aliphatic carbocycles. The molecule has 1 fully saturated rings. The molecule has 0 radical (unpaired) electrons. The third-order valence-electron chi connectivity index (χ3n) is 4.63. The van der Waals surface area contributed by atoms with E-state index < -0.39 is 11.4 Å². The van der Waals surface area contributed by atoms with Gasteiger partial charge in [0.2, 0.25) is 0 Å². The Labute approximate surface area is 134 Å². The predicted octanol–water partition coefficient (Wildman–Crippen LogP) is 3.26. The Morgan fingerprint density at radius 3 is 2.78 bits per heavy atom. The van der Waals surface area contributed by atoms with Crippen LogP contribution in [-0.2, 0) is 4.79 Å². The molecule has 1 saturated heterocycles. The van der Waals surface area contributed by atoms with Crippen LogP contribution in [0.25, 0.3) is 11.0 Å². The minimum atomic E-state index is -0.780. The standard InChI is InChI=1S/C17H21FN2O3/c1-17(2,16(21)22)10-20-7-5-11(6-8-20)15-13-9-12(18)3-4-14(13)23-19-15/h3-4,9,11H,5-8,10H2,1-2H3,(H,21,22). The molecular weight excluding hydrogens is 299 g/mol. The van der Waals surface area contributed by atoms with Crippen molar-refractivity contribution in [1.29, 1.82) is 0 Å². The van der Waals surface area contributed by atoms with Crippen molar-refractivity contribution >= 4 is 16.9 Å². The molecule has 0 bridgehead atoms. The zero-order valence-corrected chi connectivity index (χ0v) is 13.4. The number of hydrogen-bond donors (Lipinski definition) is 1. The summed E-state index contributed by atoms with van der Waals surface area (Å²) in [5.74, 6) is -0.845. The van der Waals surface area contributed by atoms with E-state index in [1.54, 1.807) is 19.9 Å². The Hall–Kier alpha value is -1.95. The molecule has 1 aliphatic heterocycles. The summed E-state index contributed by atoms with van der Waals surface area (Å²) in [6.45, 7) is 5.64. The Morgan fingerprint density at radius 2 is 2.13 bits per heavy atom. The van der Waals surface area contributed by atoms with Gasteiger partial charge in [-0.2, -0.15) is 0 Å². The number of halogens is 1. The zero-order chi connectivity index (χ0) is 16.6. The van der Waals surface area contributed by atoms with E-state index in [9.17, 15) is 14.3 Å². The van der Waals surface area contributed by atoms with Crippen LogP contribution in [0.5, 0.6) is 0 Å². The molecule has 5 nitrogen and oxygen atoms in total. The molecule has 3 rings (SSSR count). The van der Waals surface area contributed by atoms with Gasteiger partial charge in [0.05, 0.1) is 11.1 Å². The molecule has 0 unspecified atom stereocenters. The van der Waals surface area contributed by atoms with Gasteiger partial charge in [0.1, 0.15) is 5.82 Å². The summed E-state index contributed by atoms with van der Waals surface area (Å²) < 4.78 is 18.7. The van der Waals surface area contributed by atoms with E-state index in [2.05, 4.69) is 10.1 Å². The van der Waals surface area contributed by atoms with Crippen molar-refractivity contribution in [3.05, 3.63) is 29.7 Å². The summed E-state index contributed by atoms with van der Waals surface area (Å²) in [5.41, 5.74) is 0.670. The minimum absolute atomic E-state index is 0.224. The van der Waals surface area contributed by atoms with Crippen LogP contribution in [0.2, 0.25) is 0 Å². The lowest BCUT2D eigenvalue weighted by Gasteiger charge is -2.35. The summed E-state index contributed by atoms with van der Waals surface area (Å²) in [4.78, 5) is 13.4. The molecule has 0 atom stereocenters. The van der Waals surface area contributed by atoms with Crippen molar-refractivity contribution < 1.29 is 18.8 Å². The number of hydrogen-bond acceptors (Lipinski definition) is 4. The van der Waals surface area contributed by atoms with Crippen molar-refractivity contribution in [2.75, 3.05) is 19.6 Å². The lowest BCUT2D eigenvalue weighted by molar-refractivity contribution is -0.148. The Bertz CT molecular complexity index is 718. The van der Waals surface area contributed by atoms with Crippen molar-refractivity contribution in [3.8, 4) is 0 Å². The molecule has 2 heterocycles. The van der Waals surface area contributed by atoms with Gasteiger partial charge in [0, 0.05) is 17.8 Å². The van der Waals surface area contributed by atoms with Crippen LogP contribution in [-0.4, -0.2) is 40.8 Å². The molecule has 0 saturated carbocycles. The summed E-state index contributed by atoms with van der Waals surface area (Å²) in [6.07, 6.45) is 1.74. The highest BCUT2D eigenvalue weighted by atomic mass is 19.1. The number of aromatic nitrogens is 1. The van der Waals surface area contributed by atoms with Crippen LogP contribution >= 0.6 is 0 Å². The molecule has 124 valence electrons. The molecule has 0 amide bonds. The maximum Gasteiger partial charge on any atom is 0.310 e.